The number of carbonyl (C=O) groups excluding carboxylic acids is 1. The summed E-state index contributed by atoms with van der Waals surface area (Å²) >= 11 is 2.40. The summed E-state index contributed by atoms with van der Waals surface area (Å²) in [5, 5.41) is 0. The quantitative estimate of drug-likeness (QED) is 0.577. The fraction of sp³-hybridized carbons (Fsp3) is 0.235. The Morgan fingerprint density at radius 1 is 1.15 bits per heavy atom. The van der Waals surface area contributed by atoms with E-state index in [0.29, 0.717) is 6.54 Å². The van der Waals surface area contributed by atoms with E-state index >= 15 is 0 Å². The molecule has 1 amide bonds. The molecule has 0 saturated carbocycles. The van der Waals surface area contributed by atoms with E-state index in [-0.39, 0.29) is 11.4 Å². The summed E-state index contributed by atoms with van der Waals surface area (Å²) in [4.78, 5) is 14.2. The zero-order valence-electron chi connectivity index (χ0n) is 11.3. The molecule has 0 aromatic heterocycles. The maximum absolute atomic E-state index is 12.2. The molecule has 3 rings (SSSR count). The second kappa shape index (κ2) is 5.20. The Kier molecular flexibility index (Phi) is 3.54. The van der Waals surface area contributed by atoms with Gasteiger partial charge in [0.2, 0.25) is 5.91 Å². The molecular weight excluding hydrogens is 361 g/mol. The first-order valence-electron chi connectivity index (χ1n) is 6.68. The smallest absolute Gasteiger partial charge is 0.220 e. The number of fused-ring (bicyclic) bond motifs is 1. The maximum atomic E-state index is 12.2. The molecule has 102 valence electrons. The van der Waals surface area contributed by atoms with Gasteiger partial charge in [-0.05, 0) is 16.7 Å². The topological polar surface area (TPSA) is 20.3 Å². The third kappa shape index (κ3) is 1.87. The molecular formula is C17H16INO. The number of halogens is 1. The summed E-state index contributed by atoms with van der Waals surface area (Å²) in [6, 6.07) is 18.7. The lowest BCUT2D eigenvalue weighted by molar-refractivity contribution is -0.133. The molecule has 0 radical (unpaired) electrons. The third-order valence-corrected chi connectivity index (χ3v) is 5.18. The van der Waals surface area contributed by atoms with Crippen LogP contribution < -0.4 is 0 Å². The number of benzene rings is 2. The predicted molar refractivity (Wildman–Crippen MR) is 88.8 cm³/mol. The Hall–Kier alpha value is -1.36. The van der Waals surface area contributed by atoms with Crippen molar-refractivity contribution in [2.24, 2.45) is 0 Å². The van der Waals surface area contributed by atoms with Crippen LogP contribution in [0, 0.1) is 0 Å². The van der Waals surface area contributed by atoms with Crippen molar-refractivity contribution in [1.82, 2.24) is 4.90 Å². The number of hydrogen-bond donors (Lipinski definition) is 0. The standard InChI is InChI=1S/C17H16INO/c1-13(20)19-11-14-7-5-6-10-16(14)17(19,12-18)15-8-3-2-4-9-15/h2-10H,11-12H2,1H3. The van der Waals surface area contributed by atoms with E-state index < -0.39 is 0 Å². The maximum Gasteiger partial charge on any atom is 0.220 e. The van der Waals surface area contributed by atoms with Gasteiger partial charge in [0.15, 0.2) is 0 Å². The molecule has 1 heterocycles. The van der Waals surface area contributed by atoms with Gasteiger partial charge in [-0.1, -0.05) is 77.2 Å². The lowest BCUT2D eigenvalue weighted by Gasteiger charge is -2.38. The summed E-state index contributed by atoms with van der Waals surface area (Å²) in [6.07, 6.45) is 0. The third-order valence-electron chi connectivity index (χ3n) is 4.08. The largest absolute Gasteiger partial charge is 0.324 e. The van der Waals surface area contributed by atoms with Crippen LogP contribution >= 0.6 is 22.6 Å². The minimum atomic E-state index is -0.329. The van der Waals surface area contributed by atoms with Crippen LogP contribution in [0.15, 0.2) is 54.6 Å². The normalized spacial score (nSPS) is 20.8. The Morgan fingerprint density at radius 2 is 1.80 bits per heavy atom. The Bertz CT molecular complexity index is 640. The van der Waals surface area contributed by atoms with E-state index in [1.54, 1.807) is 6.92 Å². The average molecular weight is 377 g/mol. The van der Waals surface area contributed by atoms with Crippen molar-refractivity contribution in [3.63, 3.8) is 0 Å². The van der Waals surface area contributed by atoms with E-state index in [1.807, 2.05) is 29.2 Å². The molecule has 1 atom stereocenters. The van der Waals surface area contributed by atoms with E-state index in [2.05, 4.69) is 52.9 Å². The van der Waals surface area contributed by atoms with Crippen LogP contribution in [0.25, 0.3) is 0 Å². The van der Waals surface area contributed by atoms with Gasteiger partial charge in [0, 0.05) is 17.9 Å². The highest BCUT2D eigenvalue weighted by Crippen LogP contribution is 2.45. The lowest BCUT2D eigenvalue weighted by Crippen LogP contribution is -2.46. The van der Waals surface area contributed by atoms with Crippen molar-refractivity contribution in [3.8, 4) is 0 Å². The fourth-order valence-corrected chi connectivity index (χ4v) is 4.40. The lowest BCUT2D eigenvalue weighted by atomic mass is 9.84. The van der Waals surface area contributed by atoms with Crippen molar-refractivity contribution in [2.75, 3.05) is 4.43 Å². The zero-order valence-corrected chi connectivity index (χ0v) is 13.5. The van der Waals surface area contributed by atoms with Crippen molar-refractivity contribution in [1.29, 1.82) is 0 Å². The first kappa shape index (κ1) is 13.6. The highest BCUT2D eigenvalue weighted by Gasteiger charge is 2.46. The molecule has 2 nitrogen and oxygen atoms in total. The van der Waals surface area contributed by atoms with Crippen molar-refractivity contribution in [3.05, 3.63) is 71.3 Å². The SMILES string of the molecule is CC(=O)N1Cc2ccccc2C1(CI)c1ccccc1. The monoisotopic (exact) mass is 377 g/mol. The van der Waals surface area contributed by atoms with Crippen LogP contribution in [0.1, 0.15) is 23.6 Å². The van der Waals surface area contributed by atoms with Gasteiger partial charge < -0.3 is 4.90 Å². The van der Waals surface area contributed by atoms with Crippen molar-refractivity contribution >= 4 is 28.5 Å². The summed E-state index contributed by atoms with van der Waals surface area (Å²) in [5.41, 5.74) is 3.37. The molecule has 0 saturated heterocycles. The van der Waals surface area contributed by atoms with Crippen molar-refractivity contribution < 1.29 is 4.79 Å². The van der Waals surface area contributed by atoms with Gasteiger partial charge in [-0.25, -0.2) is 0 Å². The fourth-order valence-electron chi connectivity index (χ4n) is 3.14. The Morgan fingerprint density at radius 3 is 2.45 bits per heavy atom. The molecule has 0 fully saturated rings. The second-order valence-corrected chi connectivity index (χ2v) is 5.89. The molecule has 1 unspecified atom stereocenters. The molecule has 1 aliphatic heterocycles. The molecule has 20 heavy (non-hydrogen) atoms. The summed E-state index contributed by atoms with van der Waals surface area (Å²) in [5.74, 6) is 0.127. The Labute approximate surface area is 132 Å². The van der Waals surface area contributed by atoms with Crippen LogP contribution in [0.5, 0.6) is 0 Å². The molecule has 0 aliphatic carbocycles. The van der Waals surface area contributed by atoms with Crippen LogP contribution in [0.4, 0.5) is 0 Å². The average Bonchev–Trinajstić information content (AvgIpc) is 2.84. The second-order valence-electron chi connectivity index (χ2n) is 5.12. The molecule has 3 heteroatoms. The molecule has 0 spiro atoms. The summed E-state index contributed by atoms with van der Waals surface area (Å²) in [7, 11) is 0. The highest BCUT2D eigenvalue weighted by molar-refractivity contribution is 14.1. The van der Waals surface area contributed by atoms with Gasteiger partial charge in [-0.15, -0.1) is 0 Å². The van der Waals surface area contributed by atoms with E-state index in [1.165, 1.54) is 16.7 Å². The number of nitrogens with zero attached hydrogens (tertiary/aromatic N) is 1. The van der Waals surface area contributed by atoms with Crippen LogP contribution in [0.3, 0.4) is 0 Å². The van der Waals surface area contributed by atoms with Gasteiger partial charge in [0.05, 0.1) is 0 Å². The van der Waals surface area contributed by atoms with Crippen LogP contribution in [-0.4, -0.2) is 15.2 Å². The molecule has 1 aliphatic rings. The Balaban J connectivity index is 2.27. The first-order chi connectivity index (χ1) is 9.70. The zero-order chi connectivity index (χ0) is 14.2. The van der Waals surface area contributed by atoms with Crippen molar-refractivity contribution in [2.45, 2.75) is 19.0 Å². The van der Waals surface area contributed by atoms with Crippen LogP contribution in [0.2, 0.25) is 0 Å². The number of rotatable bonds is 2. The predicted octanol–water partition coefficient (Wildman–Crippen LogP) is 3.73. The minimum Gasteiger partial charge on any atom is -0.324 e. The molecule has 0 bridgehead atoms. The number of alkyl halides is 1. The summed E-state index contributed by atoms with van der Waals surface area (Å²) in [6.45, 7) is 2.36. The highest BCUT2D eigenvalue weighted by atomic mass is 127. The number of carbonyl (C=O) groups is 1. The number of amides is 1. The van der Waals surface area contributed by atoms with Gasteiger partial charge in [-0.3, -0.25) is 4.79 Å². The summed E-state index contributed by atoms with van der Waals surface area (Å²) < 4.78 is 0.853. The van der Waals surface area contributed by atoms with Gasteiger partial charge in [0.1, 0.15) is 5.54 Å². The molecule has 2 aromatic rings. The molecule has 2 aromatic carbocycles. The number of hydrogen-bond acceptors (Lipinski definition) is 1. The first-order valence-corrected chi connectivity index (χ1v) is 8.21. The van der Waals surface area contributed by atoms with Crippen LogP contribution in [-0.2, 0) is 16.9 Å². The van der Waals surface area contributed by atoms with E-state index in [0.717, 1.165) is 4.43 Å². The van der Waals surface area contributed by atoms with Gasteiger partial charge in [-0.2, -0.15) is 0 Å². The molecule has 0 N–H and O–H groups in total. The van der Waals surface area contributed by atoms with E-state index in [9.17, 15) is 4.79 Å². The van der Waals surface area contributed by atoms with Gasteiger partial charge in [0.25, 0.3) is 0 Å². The minimum absolute atomic E-state index is 0.127. The van der Waals surface area contributed by atoms with E-state index in [4.69, 9.17) is 0 Å². The van der Waals surface area contributed by atoms with Gasteiger partial charge >= 0.3 is 0 Å².